The SMILES string of the molecule is CC(NC1COCC1O)c1ccnc(Cl)c1. The lowest BCUT2D eigenvalue weighted by Crippen LogP contribution is -2.40. The number of rotatable bonds is 3. The van der Waals surface area contributed by atoms with Gasteiger partial charge in [-0.25, -0.2) is 4.98 Å². The molecule has 1 saturated heterocycles. The molecule has 1 aliphatic heterocycles. The molecule has 88 valence electrons. The van der Waals surface area contributed by atoms with Gasteiger partial charge in [0, 0.05) is 12.2 Å². The number of hydrogen-bond acceptors (Lipinski definition) is 4. The number of nitrogens with one attached hydrogen (secondary N) is 1. The predicted octanol–water partition coefficient (Wildman–Crippen LogP) is 1.15. The molecule has 16 heavy (non-hydrogen) atoms. The predicted molar refractivity (Wildman–Crippen MR) is 61.4 cm³/mol. The quantitative estimate of drug-likeness (QED) is 0.781. The molecule has 0 aliphatic carbocycles. The highest BCUT2D eigenvalue weighted by Gasteiger charge is 2.27. The van der Waals surface area contributed by atoms with Crippen molar-refractivity contribution in [3.05, 3.63) is 29.0 Å². The zero-order valence-electron chi connectivity index (χ0n) is 9.06. The Hall–Kier alpha value is -0.680. The van der Waals surface area contributed by atoms with Crippen molar-refractivity contribution in [2.75, 3.05) is 13.2 Å². The summed E-state index contributed by atoms with van der Waals surface area (Å²) in [6, 6.07) is 3.83. The maximum absolute atomic E-state index is 9.61. The maximum Gasteiger partial charge on any atom is 0.129 e. The molecule has 0 spiro atoms. The first-order chi connectivity index (χ1) is 7.66. The Bertz CT molecular complexity index is 362. The van der Waals surface area contributed by atoms with Crippen LogP contribution in [0.4, 0.5) is 0 Å². The number of hydrogen-bond donors (Lipinski definition) is 2. The Morgan fingerprint density at radius 2 is 2.44 bits per heavy atom. The number of aliphatic hydroxyl groups is 1. The van der Waals surface area contributed by atoms with E-state index in [4.69, 9.17) is 16.3 Å². The van der Waals surface area contributed by atoms with Gasteiger partial charge in [0.05, 0.1) is 25.4 Å². The van der Waals surface area contributed by atoms with Crippen LogP contribution in [0.1, 0.15) is 18.5 Å². The van der Waals surface area contributed by atoms with Crippen molar-refractivity contribution in [2.24, 2.45) is 0 Å². The van der Waals surface area contributed by atoms with Crippen molar-refractivity contribution >= 4 is 11.6 Å². The molecule has 0 aromatic carbocycles. The molecule has 0 amide bonds. The van der Waals surface area contributed by atoms with Gasteiger partial charge in [0.1, 0.15) is 5.15 Å². The summed E-state index contributed by atoms with van der Waals surface area (Å²) >= 11 is 5.82. The molecule has 3 atom stereocenters. The third-order valence-electron chi connectivity index (χ3n) is 2.77. The molecule has 2 N–H and O–H groups in total. The monoisotopic (exact) mass is 242 g/mol. The lowest BCUT2D eigenvalue weighted by atomic mass is 10.1. The van der Waals surface area contributed by atoms with Gasteiger partial charge in [-0.3, -0.25) is 0 Å². The third-order valence-corrected chi connectivity index (χ3v) is 2.97. The summed E-state index contributed by atoms with van der Waals surface area (Å²) in [5, 5.41) is 13.4. The lowest BCUT2D eigenvalue weighted by Gasteiger charge is -2.20. The Balaban J connectivity index is 1.99. The van der Waals surface area contributed by atoms with E-state index in [0.717, 1.165) is 5.56 Å². The lowest BCUT2D eigenvalue weighted by molar-refractivity contribution is 0.121. The molecule has 1 fully saturated rings. The van der Waals surface area contributed by atoms with Crippen molar-refractivity contribution in [1.29, 1.82) is 0 Å². The average molecular weight is 243 g/mol. The van der Waals surface area contributed by atoms with Crippen molar-refractivity contribution < 1.29 is 9.84 Å². The van der Waals surface area contributed by atoms with Gasteiger partial charge in [-0.15, -0.1) is 0 Å². The number of aliphatic hydroxyl groups excluding tert-OH is 1. The normalized spacial score (nSPS) is 26.9. The van der Waals surface area contributed by atoms with E-state index in [2.05, 4.69) is 10.3 Å². The molecule has 1 aliphatic rings. The zero-order chi connectivity index (χ0) is 11.5. The van der Waals surface area contributed by atoms with Crippen molar-refractivity contribution in [3.8, 4) is 0 Å². The summed E-state index contributed by atoms with van der Waals surface area (Å²) in [7, 11) is 0. The van der Waals surface area contributed by atoms with Crippen LogP contribution < -0.4 is 5.32 Å². The van der Waals surface area contributed by atoms with Gasteiger partial charge in [0.25, 0.3) is 0 Å². The molecule has 2 rings (SSSR count). The van der Waals surface area contributed by atoms with Crippen molar-refractivity contribution in [2.45, 2.75) is 25.1 Å². The first kappa shape index (κ1) is 11.8. The van der Waals surface area contributed by atoms with Crippen molar-refractivity contribution in [1.82, 2.24) is 10.3 Å². The maximum atomic E-state index is 9.61. The van der Waals surface area contributed by atoms with Crippen LogP contribution in [-0.2, 0) is 4.74 Å². The van der Waals surface area contributed by atoms with E-state index in [1.807, 2.05) is 19.1 Å². The Morgan fingerprint density at radius 3 is 3.06 bits per heavy atom. The number of aromatic nitrogens is 1. The van der Waals surface area contributed by atoms with Gasteiger partial charge in [0.15, 0.2) is 0 Å². The van der Waals surface area contributed by atoms with Crippen LogP contribution in [0.15, 0.2) is 18.3 Å². The fourth-order valence-electron chi connectivity index (χ4n) is 1.81. The number of ether oxygens (including phenoxy) is 1. The fourth-order valence-corrected chi connectivity index (χ4v) is 1.99. The summed E-state index contributed by atoms with van der Waals surface area (Å²) in [6.07, 6.45) is 1.25. The molecule has 5 heteroatoms. The summed E-state index contributed by atoms with van der Waals surface area (Å²) in [4.78, 5) is 3.93. The summed E-state index contributed by atoms with van der Waals surface area (Å²) in [5.41, 5.74) is 1.05. The molecule has 0 bridgehead atoms. The molecule has 3 unspecified atom stereocenters. The Morgan fingerprint density at radius 1 is 1.62 bits per heavy atom. The number of halogens is 1. The number of nitrogens with zero attached hydrogens (tertiary/aromatic N) is 1. The summed E-state index contributed by atoms with van der Waals surface area (Å²) in [5.74, 6) is 0. The molecule has 0 saturated carbocycles. The molecule has 0 radical (unpaired) electrons. The zero-order valence-corrected chi connectivity index (χ0v) is 9.81. The van der Waals surface area contributed by atoms with Gasteiger partial charge in [0.2, 0.25) is 0 Å². The average Bonchev–Trinajstić information content (AvgIpc) is 2.64. The van der Waals surface area contributed by atoms with Crippen LogP contribution in [-0.4, -0.2) is 35.5 Å². The van der Waals surface area contributed by atoms with E-state index in [9.17, 15) is 5.11 Å². The van der Waals surface area contributed by atoms with E-state index in [1.54, 1.807) is 6.20 Å². The van der Waals surface area contributed by atoms with Crippen LogP contribution in [0.5, 0.6) is 0 Å². The van der Waals surface area contributed by atoms with Crippen LogP contribution in [0.25, 0.3) is 0 Å². The van der Waals surface area contributed by atoms with Crippen LogP contribution in [0.2, 0.25) is 5.15 Å². The Labute approximate surface area is 99.6 Å². The molecular formula is C11H15ClN2O2. The minimum absolute atomic E-state index is 0.0121. The minimum atomic E-state index is -0.431. The molecule has 2 heterocycles. The van der Waals surface area contributed by atoms with E-state index < -0.39 is 6.10 Å². The second kappa shape index (κ2) is 5.10. The largest absolute Gasteiger partial charge is 0.389 e. The van der Waals surface area contributed by atoms with Gasteiger partial charge >= 0.3 is 0 Å². The second-order valence-corrected chi connectivity index (χ2v) is 4.40. The topological polar surface area (TPSA) is 54.4 Å². The van der Waals surface area contributed by atoms with Gasteiger partial charge < -0.3 is 15.2 Å². The Kier molecular flexibility index (Phi) is 3.76. The van der Waals surface area contributed by atoms with Gasteiger partial charge in [-0.1, -0.05) is 11.6 Å². The van der Waals surface area contributed by atoms with Gasteiger partial charge in [-0.2, -0.15) is 0 Å². The summed E-state index contributed by atoms with van der Waals surface area (Å²) < 4.78 is 5.18. The van der Waals surface area contributed by atoms with E-state index >= 15 is 0 Å². The fraction of sp³-hybridized carbons (Fsp3) is 0.545. The van der Waals surface area contributed by atoms with Crippen molar-refractivity contribution in [3.63, 3.8) is 0 Å². The molecular weight excluding hydrogens is 228 g/mol. The van der Waals surface area contributed by atoms with Crippen LogP contribution in [0.3, 0.4) is 0 Å². The molecule has 1 aromatic rings. The molecule has 1 aromatic heterocycles. The first-order valence-electron chi connectivity index (χ1n) is 5.30. The van der Waals surface area contributed by atoms with Crippen LogP contribution in [0, 0.1) is 0 Å². The third kappa shape index (κ3) is 2.71. The van der Waals surface area contributed by atoms with E-state index in [0.29, 0.717) is 18.4 Å². The van der Waals surface area contributed by atoms with Crippen LogP contribution >= 0.6 is 11.6 Å². The van der Waals surface area contributed by atoms with E-state index in [1.165, 1.54) is 0 Å². The highest BCUT2D eigenvalue weighted by Crippen LogP contribution is 2.17. The molecule has 4 nitrogen and oxygen atoms in total. The summed E-state index contributed by atoms with van der Waals surface area (Å²) in [6.45, 7) is 2.97. The standard InChI is InChI=1S/C11H15ClN2O2/c1-7(8-2-3-13-11(12)4-8)14-9-5-16-6-10(9)15/h2-4,7,9-10,14-15H,5-6H2,1H3. The first-order valence-corrected chi connectivity index (χ1v) is 5.68. The minimum Gasteiger partial charge on any atom is -0.389 e. The smallest absolute Gasteiger partial charge is 0.129 e. The van der Waals surface area contributed by atoms with E-state index in [-0.39, 0.29) is 12.1 Å². The highest BCUT2D eigenvalue weighted by molar-refractivity contribution is 6.29. The highest BCUT2D eigenvalue weighted by atomic mass is 35.5. The second-order valence-electron chi connectivity index (χ2n) is 4.01. The number of pyridine rings is 1. The van der Waals surface area contributed by atoms with Gasteiger partial charge in [-0.05, 0) is 24.6 Å².